The number of benzene rings is 2. The molecule has 2 aromatic carbocycles. The third-order valence-corrected chi connectivity index (χ3v) is 9.91. The Morgan fingerprint density at radius 1 is 0.981 bits per heavy atom. The number of imidazole rings is 1. The molecular weight excluding hydrogens is 707 g/mol. The van der Waals surface area contributed by atoms with Gasteiger partial charge in [-0.05, 0) is 48.4 Å². The summed E-state index contributed by atoms with van der Waals surface area (Å²) in [6.45, 7) is 9.91. The highest BCUT2D eigenvalue weighted by Crippen LogP contribution is 2.22. The summed E-state index contributed by atoms with van der Waals surface area (Å²) in [5.74, 6) is -0.169. The minimum Gasteiger partial charge on any atom is -0.491 e. The summed E-state index contributed by atoms with van der Waals surface area (Å²) >= 11 is 1.39. The van der Waals surface area contributed by atoms with Crippen molar-refractivity contribution in [2.75, 3.05) is 6.61 Å². The molecule has 0 saturated carbocycles. The molecule has 3 aromatic heterocycles. The molecule has 54 heavy (non-hydrogen) atoms. The second-order valence-corrected chi connectivity index (χ2v) is 15.3. The second-order valence-electron chi connectivity index (χ2n) is 14.5. The number of rotatable bonds is 7. The summed E-state index contributed by atoms with van der Waals surface area (Å²) in [6, 6.07) is 13.6. The van der Waals surface area contributed by atoms with Crippen LogP contribution in [0.3, 0.4) is 0 Å². The quantitative estimate of drug-likeness (QED) is 0.194. The van der Waals surface area contributed by atoms with E-state index in [9.17, 15) is 19.2 Å². The Bertz CT molecular complexity index is 2040. The molecule has 5 aromatic rings. The van der Waals surface area contributed by atoms with E-state index in [-0.39, 0.29) is 55.5 Å². The molecule has 0 spiro atoms. The Hall–Kier alpha value is -5.57. The van der Waals surface area contributed by atoms with Gasteiger partial charge in [-0.3, -0.25) is 23.6 Å². The number of nitrogens with zero attached hydrogens (tertiary/aromatic N) is 5. The van der Waals surface area contributed by atoms with Crippen LogP contribution in [0.5, 0.6) is 5.75 Å². The molecule has 2 aliphatic rings. The van der Waals surface area contributed by atoms with E-state index in [1.807, 2.05) is 61.7 Å². The molecule has 4 atom stereocenters. The number of thiazole rings is 1. The molecular formula is C39H47N9O5S. The fraction of sp³-hybridized carbons (Fsp3) is 0.410. The van der Waals surface area contributed by atoms with Crippen LogP contribution in [0.2, 0.25) is 0 Å². The van der Waals surface area contributed by atoms with Gasteiger partial charge in [0, 0.05) is 30.6 Å². The molecule has 4 N–H and O–H groups in total. The first-order valence-corrected chi connectivity index (χ1v) is 19.1. The van der Waals surface area contributed by atoms with E-state index in [1.54, 1.807) is 35.9 Å². The minimum atomic E-state index is -1.06. The Kier molecular flexibility index (Phi) is 12.1. The summed E-state index contributed by atoms with van der Waals surface area (Å²) in [4.78, 5) is 65.4. The molecule has 0 unspecified atom stereocenters. The van der Waals surface area contributed by atoms with Crippen LogP contribution >= 0.6 is 11.3 Å². The number of hydrogen-bond acceptors (Lipinski definition) is 9. The van der Waals surface area contributed by atoms with Gasteiger partial charge in [0.2, 0.25) is 17.7 Å². The Balaban J connectivity index is 1.36. The van der Waals surface area contributed by atoms with Crippen LogP contribution in [0.1, 0.15) is 73.4 Å². The third kappa shape index (κ3) is 9.69. The lowest BCUT2D eigenvalue weighted by Crippen LogP contribution is -2.55. The topological polar surface area (TPSA) is 174 Å². The first-order valence-electron chi connectivity index (χ1n) is 18.2. The number of fused-ring (bicyclic) bond motifs is 15. The fourth-order valence-electron chi connectivity index (χ4n) is 6.51. The van der Waals surface area contributed by atoms with Gasteiger partial charge in [0.25, 0.3) is 5.91 Å². The van der Waals surface area contributed by atoms with Crippen molar-refractivity contribution in [2.45, 2.75) is 84.6 Å². The Labute approximate surface area is 318 Å². The lowest BCUT2D eigenvalue weighted by molar-refractivity contribution is -0.130. The van der Waals surface area contributed by atoms with Crippen molar-refractivity contribution >= 4 is 39.9 Å². The Morgan fingerprint density at radius 2 is 1.74 bits per heavy atom. The maximum Gasteiger partial charge on any atom is 0.272 e. The number of nitrogens with one attached hydrogen (secondary N) is 4. The molecule has 14 nitrogen and oxygen atoms in total. The summed E-state index contributed by atoms with van der Waals surface area (Å²) in [7, 11) is 0. The minimum absolute atomic E-state index is 0.112. The Morgan fingerprint density at radius 3 is 2.44 bits per heavy atom. The highest BCUT2D eigenvalue weighted by Gasteiger charge is 2.32. The predicted octanol–water partition coefficient (Wildman–Crippen LogP) is 3.80. The zero-order valence-corrected chi connectivity index (χ0v) is 31.9. The monoisotopic (exact) mass is 753 g/mol. The summed E-state index contributed by atoms with van der Waals surface area (Å²) < 4.78 is 9.41. The summed E-state index contributed by atoms with van der Waals surface area (Å²) in [5, 5.41) is 18.4. The van der Waals surface area contributed by atoms with Crippen LogP contribution in [-0.4, -0.2) is 72.5 Å². The highest BCUT2D eigenvalue weighted by atomic mass is 32.1. The van der Waals surface area contributed by atoms with E-state index in [0.29, 0.717) is 28.8 Å². The van der Waals surface area contributed by atoms with Crippen LogP contribution in [0.25, 0.3) is 4.96 Å². The molecule has 0 aliphatic carbocycles. The van der Waals surface area contributed by atoms with Gasteiger partial charge in [0.15, 0.2) is 10.8 Å². The molecule has 0 fully saturated rings. The van der Waals surface area contributed by atoms with E-state index >= 15 is 0 Å². The summed E-state index contributed by atoms with van der Waals surface area (Å²) in [5.41, 5.74) is 1.76. The SMILES string of the molecule is Cc1nc2n(n1)CC(=O)N[C@@H](CC(C)C)COc1ccc(cc1)C[C@@H](NC(=O)c1cn3ccsc3n1)C(=O)N[C@@H](Cc1ccccc1)C(=O)N[C@H]2C(C)C. The van der Waals surface area contributed by atoms with Gasteiger partial charge < -0.3 is 26.0 Å². The number of aryl methyl sites for hydroxylation is 1. The van der Waals surface area contributed by atoms with Gasteiger partial charge in [-0.2, -0.15) is 5.10 Å². The number of hydrogen-bond donors (Lipinski definition) is 4. The van der Waals surface area contributed by atoms with Crippen molar-refractivity contribution in [1.82, 2.24) is 45.4 Å². The number of carbonyl (C=O) groups is 4. The van der Waals surface area contributed by atoms with Gasteiger partial charge in [-0.15, -0.1) is 11.3 Å². The normalized spacial score (nSPS) is 20.2. The maximum atomic E-state index is 14.3. The smallest absolute Gasteiger partial charge is 0.272 e. The average molecular weight is 754 g/mol. The average Bonchev–Trinajstić information content (AvgIpc) is 3.84. The van der Waals surface area contributed by atoms with Crippen molar-refractivity contribution in [2.24, 2.45) is 11.8 Å². The van der Waals surface area contributed by atoms with E-state index in [0.717, 1.165) is 11.1 Å². The molecule has 284 valence electrons. The highest BCUT2D eigenvalue weighted by molar-refractivity contribution is 7.15. The fourth-order valence-corrected chi connectivity index (χ4v) is 7.21. The number of carbonyl (C=O) groups excluding carboxylic acids is 4. The van der Waals surface area contributed by atoms with E-state index in [2.05, 4.69) is 50.2 Å². The first kappa shape index (κ1) is 38.2. The number of ether oxygens (including phenoxy) is 1. The standard InChI is InChI=1S/C39H47N9O5S/c1-23(2)17-28-22-53-29-13-11-27(12-14-29)19-30(43-38(52)32-20-47-15-16-54-39(47)44-32)36(50)42-31(18-26-9-7-6-8-10-26)37(51)45-34(24(3)4)35-40-25(5)46-48(35)21-33(49)41-28/h6-16,20,23-24,28,30-31,34H,17-19,21-22H2,1-5H3,(H,41,49)(H,42,50)(H,43,52)(H,45,51)/t28-,30+,31-,34-/m0/s1. The van der Waals surface area contributed by atoms with Crippen molar-refractivity contribution in [3.63, 3.8) is 0 Å². The van der Waals surface area contributed by atoms with Crippen molar-refractivity contribution in [3.05, 3.63) is 101 Å². The van der Waals surface area contributed by atoms with Crippen molar-refractivity contribution in [3.8, 4) is 5.75 Å². The van der Waals surface area contributed by atoms with Gasteiger partial charge in [-0.1, -0.05) is 70.2 Å². The maximum absolute atomic E-state index is 14.3. The number of amides is 4. The predicted molar refractivity (Wildman–Crippen MR) is 204 cm³/mol. The first-order chi connectivity index (χ1) is 25.9. The van der Waals surface area contributed by atoms with Gasteiger partial charge in [0.05, 0.1) is 12.1 Å². The summed E-state index contributed by atoms with van der Waals surface area (Å²) in [6.07, 6.45) is 4.41. The zero-order valence-electron chi connectivity index (χ0n) is 31.1. The van der Waals surface area contributed by atoms with Crippen LogP contribution < -0.4 is 26.0 Å². The molecule has 4 amide bonds. The lowest BCUT2D eigenvalue weighted by Gasteiger charge is -2.27. The van der Waals surface area contributed by atoms with E-state index < -0.39 is 35.8 Å². The molecule has 0 radical (unpaired) electrons. The third-order valence-electron chi connectivity index (χ3n) is 9.14. The zero-order chi connectivity index (χ0) is 38.4. The number of aromatic nitrogens is 5. The van der Waals surface area contributed by atoms with Crippen LogP contribution in [0.4, 0.5) is 0 Å². The van der Waals surface area contributed by atoms with E-state index in [1.165, 1.54) is 16.0 Å². The van der Waals surface area contributed by atoms with Gasteiger partial charge in [-0.25, -0.2) is 14.6 Å². The van der Waals surface area contributed by atoms with Crippen LogP contribution in [0.15, 0.2) is 72.4 Å². The van der Waals surface area contributed by atoms with Crippen LogP contribution in [0, 0.1) is 18.8 Å². The largest absolute Gasteiger partial charge is 0.491 e. The molecule has 2 aliphatic heterocycles. The lowest BCUT2D eigenvalue weighted by atomic mass is 10.00. The van der Waals surface area contributed by atoms with Crippen molar-refractivity contribution in [1.29, 1.82) is 0 Å². The second kappa shape index (κ2) is 17.1. The molecule has 15 heteroatoms. The van der Waals surface area contributed by atoms with Gasteiger partial charge >= 0.3 is 0 Å². The van der Waals surface area contributed by atoms with Gasteiger partial charge in [0.1, 0.15) is 42.5 Å². The van der Waals surface area contributed by atoms with E-state index in [4.69, 9.17) is 4.74 Å². The molecule has 5 heterocycles. The van der Waals surface area contributed by atoms with Crippen molar-refractivity contribution < 1.29 is 23.9 Å². The molecule has 7 rings (SSSR count). The molecule has 2 bridgehead atoms. The van der Waals surface area contributed by atoms with Crippen LogP contribution in [-0.2, 0) is 33.8 Å². The molecule has 0 saturated heterocycles.